The van der Waals surface area contributed by atoms with E-state index in [1.165, 1.54) is 24.3 Å². The van der Waals surface area contributed by atoms with E-state index in [2.05, 4.69) is 37.0 Å². The molecule has 14 nitrogen and oxygen atoms in total. The van der Waals surface area contributed by atoms with E-state index in [9.17, 15) is 31.0 Å². The number of benzene rings is 2. The van der Waals surface area contributed by atoms with Crippen LogP contribution < -0.4 is 105 Å². The van der Waals surface area contributed by atoms with Gasteiger partial charge in [-0.15, -0.1) is 10.8 Å². The van der Waals surface area contributed by atoms with Gasteiger partial charge in [-0.25, -0.2) is 8.42 Å². The normalized spacial score (nSPS) is 11.9. The Hall–Kier alpha value is -0.150. The standard InChI is InChI=1S/C18H21N6O8S2.3Na/c25-10-13(26)9-20-17-22-16(19-6-7-33(27,28)29)23-18(24-17)21-12-4-5-14-11(8-12)2-1-3-15(14)34(30,31)32;;;/h2-5,8,13,25-26H,6-7,9-10H2,(H,27,28,29)(H,30,31,32)(H3,19,20,21,22,23,24);;;/q-1;3*+1/p-2. The van der Waals surface area contributed by atoms with Crippen LogP contribution in [0.25, 0.3) is 10.8 Å². The molecule has 1 aromatic heterocycles. The van der Waals surface area contributed by atoms with Gasteiger partial charge in [0.1, 0.15) is 0 Å². The van der Waals surface area contributed by atoms with Gasteiger partial charge in [0, 0.05) is 18.8 Å². The molecular weight excluding hydrogens is 561 g/mol. The van der Waals surface area contributed by atoms with Crippen LogP contribution in [-0.4, -0.2) is 82.7 Å². The molecule has 0 fully saturated rings. The van der Waals surface area contributed by atoms with Gasteiger partial charge in [-0.05, 0) is 11.0 Å². The number of aliphatic hydroxyl groups excluding tert-OH is 2. The van der Waals surface area contributed by atoms with Gasteiger partial charge in [0.2, 0.25) is 17.8 Å². The number of nitrogens with zero attached hydrogens (tertiary/aromatic N) is 3. The van der Waals surface area contributed by atoms with Gasteiger partial charge in [0.15, 0.2) is 0 Å². The molecule has 37 heavy (non-hydrogen) atoms. The minimum absolute atomic E-state index is 0. The first-order chi connectivity index (χ1) is 15.9. The van der Waals surface area contributed by atoms with E-state index in [1.54, 1.807) is 0 Å². The Kier molecular flexibility index (Phi) is 16.1. The number of anilines is 4. The van der Waals surface area contributed by atoms with Crippen molar-refractivity contribution in [1.29, 1.82) is 0 Å². The Balaban J connectivity index is 0.00000432. The maximum absolute atomic E-state index is 11.5. The fourth-order valence-corrected chi connectivity index (χ4v) is 3.78. The van der Waals surface area contributed by atoms with Crippen LogP contribution >= 0.6 is 0 Å². The van der Waals surface area contributed by atoms with Crippen LogP contribution in [0.3, 0.4) is 0 Å². The summed E-state index contributed by atoms with van der Waals surface area (Å²) in [7, 11) is -9.17. The van der Waals surface area contributed by atoms with Gasteiger partial charge >= 0.3 is 88.7 Å². The minimum Gasteiger partial charge on any atom is -0.754 e. The third-order valence-electron chi connectivity index (χ3n) is 4.27. The van der Waals surface area contributed by atoms with Gasteiger partial charge in [-0.3, -0.25) is 8.42 Å². The van der Waals surface area contributed by atoms with E-state index in [4.69, 9.17) is 5.11 Å². The summed E-state index contributed by atoms with van der Waals surface area (Å²) >= 11 is 0. The molecule has 0 amide bonds. The molecule has 0 aliphatic carbocycles. The quantitative estimate of drug-likeness (QED) is 0.0806. The van der Waals surface area contributed by atoms with Crippen molar-refractivity contribution in [3.05, 3.63) is 36.4 Å². The number of aliphatic hydroxyl groups is 2. The number of hydrogen-bond acceptors (Lipinski definition) is 14. The van der Waals surface area contributed by atoms with Crippen molar-refractivity contribution in [2.45, 2.75) is 11.0 Å². The molecule has 3 rings (SSSR count). The van der Waals surface area contributed by atoms with E-state index < -0.39 is 43.6 Å². The molecule has 19 heteroatoms. The van der Waals surface area contributed by atoms with E-state index in [0.717, 1.165) is 6.07 Å². The smallest absolute Gasteiger partial charge is 0.754 e. The van der Waals surface area contributed by atoms with Crippen molar-refractivity contribution in [3.8, 4) is 0 Å². The molecule has 1 unspecified atom stereocenters. The fourth-order valence-electron chi connectivity index (χ4n) is 2.76. The number of fused-ring (bicyclic) bond motifs is 1. The zero-order valence-electron chi connectivity index (χ0n) is 20.3. The van der Waals surface area contributed by atoms with E-state index in [-0.39, 0.29) is 125 Å². The summed E-state index contributed by atoms with van der Waals surface area (Å²) in [6.07, 6.45) is -1.10. The number of hydrogen-bond donors (Lipinski definition) is 5. The van der Waals surface area contributed by atoms with Crippen LogP contribution in [0.5, 0.6) is 0 Å². The van der Waals surface area contributed by atoms with Crippen LogP contribution in [0.2, 0.25) is 0 Å². The summed E-state index contributed by atoms with van der Waals surface area (Å²) in [5, 5.41) is 27.2. The maximum atomic E-state index is 11.5. The molecule has 0 bridgehead atoms. The molecule has 0 radical (unpaired) electrons. The molecule has 1 atom stereocenters. The van der Waals surface area contributed by atoms with Gasteiger partial charge < -0.3 is 35.3 Å². The number of aromatic nitrogens is 3. The molecule has 0 aliphatic heterocycles. The maximum Gasteiger partial charge on any atom is 1.00 e. The van der Waals surface area contributed by atoms with Gasteiger partial charge in [0.05, 0.1) is 38.7 Å². The zero-order chi connectivity index (χ0) is 24.9. The fraction of sp³-hybridized carbons (Fsp3) is 0.278. The summed E-state index contributed by atoms with van der Waals surface area (Å²) in [5.41, 5.74) is 0.405. The Morgan fingerprint density at radius 1 is 0.946 bits per heavy atom. The van der Waals surface area contributed by atoms with Crippen LogP contribution in [0, 0.1) is 6.07 Å². The predicted octanol–water partition coefficient (Wildman–Crippen LogP) is -9.79. The molecule has 0 spiro atoms. The van der Waals surface area contributed by atoms with Crippen molar-refractivity contribution < 1.29 is 125 Å². The van der Waals surface area contributed by atoms with Crippen molar-refractivity contribution in [1.82, 2.24) is 15.0 Å². The summed E-state index contributed by atoms with van der Waals surface area (Å²) < 4.78 is 66.8. The molecule has 1 heterocycles. The second kappa shape index (κ2) is 16.2. The second-order valence-corrected chi connectivity index (χ2v) is 9.78. The van der Waals surface area contributed by atoms with Crippen molar-refractivity contribution in [2.75, 3.05) is 41.4 Å². The van der Waals surface area contributed by atoms with Crippen LogP contribution in [0.1, 0.15) is 0 Å². The Morgan fingerprint density at radius 3 is 2.16 bits per heavy atom. The van der Waals surface area contributed by atoms with Crippen molar-refractivity contribution >= 4 is 54.5 Å². The predicted molar refractivity (Wildman–Crippen MR) is 118 cm³/mol. The Bertz CT molecular complexity index is 1400. The molecule has 5 N–H and O–H groups in total. The molecule has 2 aromatic carbocycles. The van der Waals surface area contributed by atoms with E-state index >= 15 is 0 Å². The third kappa shape index (κ3) is 11.9. The zero-order valence-corrected chi connectivity index (χ0v) is 27.9. The number of rotatable bonds is 11. The first kappa shape index (κ1) is 36.8. The third-order valence-corrected chi connectivity index (χ3v) is 5.85. The van der Waals surface area contributed by atoms with Crippen molar-refractivity contribution in [2.24, 2.45) is 0 Å². The molecule has 184 valence electrons. The molecule has 0 aliphatic rings. The summed E-state index contributed by atoms with van der Waals surface area (Å²) in [6, 6.07) is 9.62. The summed E-state index contributed by atoms with van der Waals surface area (Å²) in [6.45, 7) is -0.885. The van der Waals surface area contributed by atoms with Crippen LogP contribution in [0.15, 0.2) is 35.2 Å². The van der Waals surface area contributed by atoms with Gasteiger partial charge in [-0.1, -0.05) is 12.1 Å². The first-order valence-corrected chi connectivity index (χ1v) is 12.6. The SMILES string of the molecule is O=S(=O)([O-])CCNc1nc(NCC(O)CO)nc(Nc2ccc3c(S(=O)(=O)[O-])c[c-]cc3c2)n1.[Na+].[Na+].[Na+]. The monoisotopic (exact) mass is 580 g/mol. The van der Waals surface area contributed by atoms with E-state index in [1.807, 2.05) is 0 Å². The molecular formula is C18H19N6Na3O8S2. The first-order valence-electron chi connectivity index (χ1n) is 9.58. The van der Waals surface area contributed by atoms with Gasteiger partial charge in [-0.2, -0.15) is 33.2 Å². The summed E-state index contributed by atoms with van der Waals surface area (Å²) in [4.78, 5) is 11.8. The molecule has 3 aromatic rings. The van der Waals surface area contributed by atoms with Crippen molar-refractivity contribution in [3.63, 3.8) is 0 Å². The van der Waals surface area contributed by atoms with E-state index in [0.29, 0.717) is 11.1 Å². The Morgan fingerprint density at radius 2 is 1.57 bits per heavy atom. The van der Waals surface area contributed by atoms with Crippen LogP contribution in [0.4, 0.5) is 23.5 Å². The largest absolute Gasteiger partial charge is 1.00 e. The van der Waals surface area contributed by atoms with Crippen LogP contribution in [-0.2, 0) is 20.2 Å². The molecule has 0 saturated heterocycles. The topological polar surface area (TPSA) is 230 Å². The average molecular weight is 580 g/mol. The molecule has 0 saturated carbocycles. The minimum atomic E-state index is -4.70. The second-order valence-electron chi connectivity index (χ2n) is 6.91. The van der Waals surface area contributed by atoms with Gasteiger partial charge in [0.25, 0.3) is 0 Å². The summed E-state index contributed by atoms with van der Waals surface area (Å²) in [5.74, 6) is -0.860. The Labute approximate surface area is 279 Å². The number of nitrogens with one attached hydrogen (secondary N) is 3. The average Bonchev–Trinajstić information content (AvgIpc) is 2.75.